The van der Waals surface area contributed by atoms with E-state index < -0.39 is 11.2 Å². The Morgan fingerprint density at radius 1 is 1.47 bits per heavy atom. The lowest BCUT2D eigenvalue weighted by molar-refractivity contribution is 0.716. The third-order valence-corrected chi connectivity index (χ3v) is 2.97. The summed E-state index contributed by atoms with van der Waals surface area (Å²) < 4.78 is 2.92. The number of hydrogen-bond donors (Lipinski definition) is 1. The molecule has 90 valence electrons. The van der Waals surface area contributed by atoms with Crippen molar-refractivity contribution < 1.29 is 0 Å². The van der Waals surface area contributed by atoms with Gasteiger partial charge < -0.3 is 0 Å². The van der Waals surface area contributed by atoms with Gasteiger partial charge in [0.25, 0.3) is 5.56 Å². The van der Waals surface area contributed by atoms with Crippen LogP contribution in [0.5, 0.6) is 0 Å². The predicted molar refractivity (Wildman–Crippen MR) is 63.4 cm³/mol. The van der Waals surface area contributed by atoms with E-state index in [0.717, 1.165) is 11.3 Å². The molecule has 1 N–H and O–H groups in total. The van der Waals surface area contributed by atoms with Gasteiger partial charge in [-0.2, -0.15) is 5.10 Å². The normalized spacial score (nSPS) is 10.8. The Labute approximate surface area is 101 Å². The first-order valence-electron chi connectivity index (χ1n) is 4.97. The molecule has 17 heavy (non-hydrogen) atoms. The van der Waals surface area contributed by atoms with Crippen LogP contribution >= 0.6 is 11.6 Å². The monoisotopic (exact) mass is 254 g/mol. The lowest BCUT2D eigenvalue weighted by atomic mass is 10.2. The predicted octanol–water partition coefficient (Wildman–Crippen LogP) is 0.280. The Balaban J connectivity index is 2.45. The SMILES string of the molecule is Cc1nn(C)c(Cl)c1Cn1ccc(=O)[nH]c1=O. The number of halogens is 1. The Kier molecular flexibility index (Phi) is 2.89. The minimum atomic E-state index is -0.461. The van der Waals surface area contributed by atoms with Gasteiger partial charge in [-0.15, -0.1) is 0 Å². The van der Waals surface area contributed by atoms with Crippen LogP contribution in [0.25, 0.3) is 0 Å². The molecule has 2 heterocycles. The minimum absolute atomic E-state index is 0.286. The first kappa shape index (κ1) is 11.7. The maximum Gasteiger partial charge on any atom is 0.328 e. The van der Waals surface area contributed by atoms with Crippen molar-refractivity contribution in [1.82, 2.24) is 19.3 Å². The van der Waals surface area contributed by atoms with Gasteiger partial charge in [-0.1, -0.05) is 11.6 Å². The smallest absolute Gasteiger partial charge is 0.296 e. The van der Waals surface area contributed by atoms with Crippen LogP contribution in [0.3, 0.4) is 0 Å². The third kappa shape index (κ3) is 2.16. The number of aromatic nitrogens is 4. The van der Waals surface area contributed by atoms with Crippen molar-refractivity contribution in [2.75, 3.05) is 0 Å². The van der Waals surface area contributed by atoms with Crippen LogP contribution in [0.15, 0.2) is 21.9 Å². The molecule has 6 nitrogen and oxygen atoms in total. The standard InChI is InChI=1S/C10H11ClN4O2/c1-6-7(9(11)14(2)13-6)5-15-4-3-8(16)12-10(15)17/h3-4H,5H2,1-2H3,(H,12,16,17). The number of nitrogens with one attached hydrogen (secondary N) is 1. The van der Waals surface area contributed by atoms with E-state index in [4.69, 9.17) is 11.6 Å². The average molecular weight is 255 g/mol. The van der Waals surface area contributed by atoms with E-state index in [1.165, 1.54) is 16.8 Å². The Morgan fingerprint density at radius 2 is 2.18 bits per heavy atom. The zero-order valence-electron chi connectivity index (χ0n) is 9.40. The lowest BCUT2D eigenvalue weighted by Crippen LogP contribution is -2.29. The number of hydrogen-bond acceptors (Lipinski definition) is 3. The van der Waals surface area contributed by atoms with Crippen LogP contribution in [-0.2, 0) is 13.6 Å². The Bertz CT molecular complexity index is 668. The van der Waals surface area contributed by atoms with Gasteiger partial charge in [0.15, 0.2) is 0 Å². The molecular formula is C10H11ClN4O2. The Morgan fingerprint density at radius 3 is 2.71 bits per heavy atom. The largest absolute Gasteiger partial charge is 0.328 e. The fourth-order valence-corrected chi connectivity index (χ4v) is 1.83. The maximum atomic E-state index is 11.5. The van der Waals surface area contributed by atoms with Gasteiger partial charge in [0, 0.05) is 24.9 Å². The zero-order valence-corrected chi connectivity index (χ0v) is 10.2. The first-order chi connectivity index (χ1) is 7.99. The van der Waals surface area contributed by atoms with Crippen molar-refractivity contribution in [3.63, 3.8) is 0 Å². The van der Waals surface area contributed by atoms with Crippen molar-refractivity contribution >= 4 is 11.6 Å². The summed E-state index contributed by atoms with van der Waals surface area (Å²) in [5.74, 6) is 0. The molecule has 0 bridgehead atoms. The number of nitrogens with zero attached hydrogens (tertiary/aromatic N) is 3. The number of rotatable bonds is 2. The summed E-state index contributed by atoms with van der Waals surface area (Å²) in [6.45, 7) is 2.10. The summed E-state index contributed by atoms with van der Waals surface area (Å²) in [5, 5.41) is 4.64. The number of aryl methyl sites for hydroxylation is 2. The molecule has 0 saturated carbocycles. The summed E-state index contributed by atoms with van der Waals surface area (Å²) in [5.41, 5.74) is 0.649. The van der Waals surface area contributed by atoms with Crippen LogP contribution in [0, 0.1) is 6.92 Å². The molecule has 0 saturated heterocycles. The highest BCUT2D eigenvalue weighted by atomic mass is 35.5. The van der Waals surface area contributed by atoms with Gasteiger partial charge in [0.05, 0.1) is 12.2 Å². The second kappa shape index (κ2) is 4.21. The van der Waals surface area contributed by atoms with Crippen molar-refractivity contribution in [3.8, 4) is 0 Å². The summed E-state index contributed by atoms with van der Waals surface area (Å²) in [4.78, 5) is 24.6. The number of aromatic amines is 1. The molecule has 7 heteroatoms. The molecule has 0 amide bonds. The summed E-state index contributed by atoms with van der Waals surface area (Å²) in [7, 11) is 1.73. The van der Waals surface area contributed by atoms with Gasteiger partial charge in [-0.3, -0.25) is 19.0 Å². The highest BCUT2D eigenvalue weighted by Crippen LogP contribution is 2.18. The summed E-state index contributed by atoms with van der Waals surface area (Å²) in [6.07, 6.45) is 1.43. The molecule has 0 radical (unpaired) electrons. The van der Waals surface area contributed by atoms with Crippen molar-refractivity contribution in [2.24, 2.45) is 7.05 Å². The minimum Gasteiger partial charge on any atom is -0.296 e. The second-order valence-corrected chi connectivity index (χ2v) is 4.07. The van der Waals surface area contributed by atoms with Crippen LogP contribution in [0.2, 0.25) is 5.15 Å². The van der Waals surface area contributed by atoms with Crippen LogP contribution in [-0.4, -0.2) is 19.3 Å². The molecule has 0 spiro atoms. The number of H-pyrrole nitrogens is 1. The van der Waals surface area contributed by atoms with Gasteiger partial charge in [0.1, 0.15) is 5.15 Å². The third-order valence-electron chi connectivity index (χ3n) is 2.50. The fraction of sp³-hybridized carbons (Fsp3) is 0.300. The van der Waals surface area contributed by atoms with Crippen molar-refractivity contribution in [3.05, 3.63) is 49.5 Å². The van der Waals surface area contributed by atoms with Crippen LogP contribution in [0.1, 0.15) is 11.3 Å². The van der Waals surface area contributed by atoms with E-state index in [1.54, 1.807) is 11.7 Å². The van der Waals surface area contributed by atoms with Crippen LogP contribution < -0.4 is 11.2 Å². The molecule has 2 rings (SSSR count). The molecule has 0 aliphatic carbocycles. The highest BCUT2D eigenvalue weighted by molar-refractivity contribution is 6.30. The van der Waals surface area contributed by atoms with Crippen molar-refractivity contribution in [1.29, 1.82) is 0 Å². The topological polar surface area (TPSA) is 72.7 Å². The molecule has 0 aromatic carbocycles. The molecular weight excluding hydrogens is 244 g/mol. The van der Waals surface area contributed by atoms with Crippen molar-refractivity contribution in [2.45, 2.75) is 13.5 Å². The molecule has 0 unspecified atom stereocenters. The zero-order chi connectivity index (χ0) is 12.6. The quantitative estimate of drug-likeness (QED) is 0.837. The lowest BCUT2D eigenvalue weighted by Gasteiger charge is -2.03. The first-order valence-corrected chi connectivity index (χ1v) is 5.34. The van der Waals surface area contributed by atoms with E-state index in [0.29, 0.717) is 5.15 Å². The Hall–Kier alpha value is -1.82. The molecule has 2 aromatic rings. The fourth-order valence-electron chi connectivity index (χ4n) is 1.59. The van der Waals surface area contributed by atoms with Crippen LogP contribution in [0.4, 0.5) is 0 Å². The van der Waals surface area contributed by atoms with Gasteiger partial charge >= 0.3 is 5.69 Å². The maximum absolute atomic E-state index is 11.5. The van der Waals surface area contributed by atoms with Gasteiger partial charge in [0.2, 0.25) is 0 Å². The van der Waals surface area contributed by atoms with E-state index in [2.05, 4.69) is 10.1 Å². The van der Waals surface area contributed by atoms with E-state index in [1.807, 2.05) is 6.92 Å². The highest BCUT2D eigenvalue weighted by Gasteiger charge is 2.12. The van der Waals surface area contributed by atoms with E-state index >= 15 is 0 Å². The molecule has 2 aromatic heterocycles. The molecule has 0 fully saturated rings. The van der Waals surface area contributed by atoms with Gasteiger partial charge in [-0.25, -0.2) is 4.79 Å². The average Bonchev–Trinajstić information content (AvgIpc) is 2.48. The molecule has 0 atom stereocenters. The molecule has 0 aliphatic rings. The summed E-state index contributed by atoms with van der Waals surface area (Å²) in [6, 6.07) is 1.29. The molecule has 0 aliphatic heterocycles. The second-order valence-electron chi connectivity index (χ2n) is 3.72. The van der Waals surface area contributed by atoms with E-state index in [9.17, 15) is 9.59 Å². The summed E-state index contributed by atoms with van der Waals surface area (Å²) >= 11 is 6.06. The van der Waals surface area contributed by atoms with E-state index in [-0.39, 0.29) is 6.54 Å². The van der Waals surface area contributed by atoms with Gasteiger partial charge in [-0.05, 0) is 6.92 Å².